The Morgan fingerprint density at radius 3 is 2.73 bits per heavy atom. The summed E-state index contributed by atoms with van der Waals surface area (Å²) in [7, 11) is 1.77. The van der Waals surface area contributed by atoms with Crippen LogP contribution in [0.2, 0.25) is 0 Å². The highest BCUT2D eigenvalue weighted by atomic mass is 19.1. The van der Waals surface area contributed by atoms with Crippen LogP contribution in [0.15, 0.2) is 41.7 Å². The second-order valence-electron chi connectivity index (χ2n) is 6.99. The average molecular weight is 357 g/mol. The van der Waals surface area contributed by atoms with Gasteiger partial charge in [0.1, 0.15) is 11.6 Å². The number of imidazole rings is 1. The molecule has 26 heavy (non-hydrogen) atoms. The molecule has 1 aromatic carbocycles. The largest absolute Gasteiger partial charge is 0.356 e. The maximum atomic E-state index is 14.1. The van der Waals surface area contributed by atoms with Crippen molar-refractivity contribution in [1.82, 2.24) is 20.2 Å². The molecule has 1 saturated carbocycles. The Labute approximate surface area is 154 Å². The summed E-state index contributed by atoms with van der Waals surface area (Å²) in [5.41, 5.74) is 0.737. The van der Waals surface area contributed by atoms with Gasteiger partial charge in [0.2, 0.25) is 0 Å². The molecule has 0 radical (unpaired) electrons. The zero-order chi connectivity index (χ0) is 18.4. The fraction of sp³-hybridized carbons (Fsp3) is 0.500. The SMILES string of the molecule is CN=C(NCCCCn1ccnc1C)NCC1(c2ccccc2F)CC1. The minimum atomic E-state index is -0.107. The molecule has 0 unspecified atom stereocenters. The average Bonchev–Trinajstić information content (AvgIpc) is 3.33. The van der Waals surface area contributed by atoms with E-state index in [9.17, 15) is 4.39 Å². The second kappa shape index (κ2) is 8.34. The van der Waals surface area contributed by atoms with Crippen molar-refractivity contribution >= 4 is 5.96 Å². The highest BCUT2D eigenvalue weighted by Crippen LogP contribution is 2.48. The number of guanidine groups is 1. The fourth-order valence-corrected chi connectivity index (χ4v) is 3.31. The third-order valence-electron chi connectivity index (χ3n) is 5.16. The number of aliphatic imine (C=N–C) groups is 1. The van der Waals surface area contributed by atoms with Crippen molar-refractivity contribution in [3.63, 3.8) is 0 Å². The normalized spacial score (nSPS) is 15.7. The molecule has 5 nitrogen and oxygen atoms in total. The van der Waals surface area contributed by atoms with Gasteiger partial charge in [-0.05, 0) is 44.2 Å². The van der Waals surface area contributed by atoms with Crippen molar-refractivity contribution in [2.75, 3.05) is 20.1 Å². The van der Waals surface area contributed by atoms with Gasteiger partial charge in [0, 0.05) is 44.5 Å². The zero-order valence-electron chi connectivity index (χ0n) is 15.6. The van der Waals surface area contributed by atoms with Gasteiger partial charge in [-0.3, -0.25) is 4.99 Å². The Kier molecular flexibility index (Phi) is 5.91. The lowest BCUT2D eigenvalue weighted by Crippen LogP contribution is -2.41. The molecule has 6 heteroatoms. The summed E-state index contributed by atoms with van der Waals surface area (Å²) < 4.78 is 16.2. The van der Waals surface area contributed by atoms with Gasteiger partial charge >= 0.3 is 0 Å². The van der Waals surface area contributed by atoms with Crippen LogP contribution in [0.25, 0.3) is 0 Å². The molecule has 1 aliphatic carbocycles. The van der Waals surface area contributed by atoms with Gasteiger partial charge in [0.15, 0.2) is 5.96 Å². The van der Waals surface area contributed by atoms with E-state index < -0.39 is 0 Å². The molecule has 0 saturated heterocycles. The van der Waals surface area contributed by atoms with Gasteiger partial charge in [-0.2, -0.15) is 0 Å². The summed E-state index contributed by atoms with van der Waals surface area (Å²) >= 11 is 0. The van der Waals surface area contributed by atoms with E-state index in [1.165, 1.54) is 0 Å². The number of nitrogens with zero attached hydrogens (tertiary/aromatic N) is 3. The number of halogens is 1. The quantitative estimate of drug-likeness (QED) is 0.434. The van der Waals surface area contributed by atoms with Gasteiger partial charge in [-0.15, -0.1) is 0 Å². The van der Waals surface area contributed by atoms with Crippen molar-refractivity contribution in [2.45, 2.75) is 44.6 Å². The number of unbranched alkanes of at least 4 members (excludes halogenated alkanes) is 1. The first-order chi connectivity index (χ1) is 12.6. The first-order valence-corrected chi connectivity index (χ1v) is 9.32. The molecule has 140 valence electrons. The molecule has 2 N–H and O–H groups in total. The summed E-state index contributed by atoms with van der Waals surface area (Å²) in [4.78, 5) is 8.52. The topological polar surface area (TPSA) is 54.2 Å². The summed E-state index contributed by atoms with van der Waals surface area (Å²) in [5, 5.41) is 6.72. The van der Waals surface area contributed by atoms with E-state index >= 15 is 0 Å². The first kappa shape index (κ1) is 18.4. The summed E-state index contributed by atoms with van der Waals surface area (Å²) in [5.74, 6) is 1.73. The second-order valence-corrected chi connectivity index (χ2v) is 6.99. The van der Waals surface area contributed by atoms with Crippen molar-refractivity contribution in [3.8, 4) is 0 Å². The van der Waals surface area contributed by atoms with E-state index in [1.807, 2.05) is 31.5 Å². The summed E-state index contributed by atoms with van der Waals surface area (Å²) in [6, 6.07) is 7.10. The Morgan fingerprint density at radius 2 is 2.08 bits per heavy atom. The third-order valence-corrected chi connectivity index (χ3v) is 5.16. The minimum absolute atomic E-state index is 0.0814. The Morgan fingerprint density at radius 1 is 1.27 bits per heavy atom. The molecule has 1 aromatic heterocycles. The summed E-state index contributed by atoms with van der Waals surface area (Å²) in [6.07, 6.45) is 8.02. The van der Waals surface area contributed by atoms with Crippen LogP contribution >= 0.6 is 0 Å². The maximum Gasteiger partial charge on any atom is 0.191 e. The van der Waals surface area contributed by atoms with Crippen molar-refractivity contribution in [2.24, 2.45) is 4.99 Å². The minimum Gasteiger partial charge on any atom is -0.356 e. The number of nitrogens with one attached hydrogen (secondary N) is 2. The number of rotatable bonds is 8. The Bertz CT molecular complexity index is 748. The van der Waals surface area contributed by atoms with Gasteiger partial charge < -0.3 is 15.2 Å². The molecular formula is C20H28FN5. The highest BCUT2D eigenvalue weighted by molar-refractivity contribution is 5.79. The molecule has 0 atom stereocenters. The van der Waals surface area contributed by atoms with Gasteiger partial charge in [0.05, 0.1) is 0 Å². The van der Waals surface area contributed by atoms with E-state index in [2.05, 4.69) is 25.2 Å². The molecule has 0 bridgehead atoms. The van der Waals surface area contributed by atoms with Crippen molar-refractivity contribution in [3.05, 3.63) is 53.9 Å². The van der Waals surface area contributed by atoms with E-state index in [0.717, 1.165) is 56.1 Å². The van der Waals surface area contributed by atoms with Crippen LogP contribution in [0.5, 0.6) is 0 Å². The van der Waals surface area contributed by atoms with Gasteiger partial charge in [0.25, 0.3) is 0 Å². The van der Waals surface area contributed by atoms with Gasteiger partial charge in [-0.25, -0.2) is 9.37 Å². The number of benzene rings is 1. The molecule has 1 aliphatic rings. The van der Waals surface area contributed by atoms with E-state index in [0.29, 0.717) is 6.54 Å². The Balaban J connectivity index is 1.40. The van der Waals surface area contributed by atoms with Crippen molar-refractivity contribution < 1.29 is 4.39 Å². The fourth-order valence-electron chi connectivity index (χ4n) is 3.31. The summed E-state index contributed by atoms with van der Waals surface area (Å²) in [6.45, 7) is 4.57. The predicted octanol–water partition coefficient (Wildman–Crippen LogP) is 3.01. The first-order valence-electron chi connectivity index (χ1n) is 9.32. The standard InChI is InChI=1S/C20H28FN5/c1-16-23-12-14-26(16)13-6-5-11-24-19(22-2)25-15-20(9-10-20)17-7-3-4-8-18(17)21/h3-4,7-8,12,14H,5-6,9-11,13,15H2,1-2H3,(H2,22,24,25). The number of hydrogen-bond acceptors (Lipinski definition) is 2. The lowest BCUT2D eigenvalue weighted by atomic mass is 9.95. The monoisotopic (exact) mass is 357 g/mol. The van der Waals surface area contributed by atoms with Crippen LogP contribution in [-0.2, 0) is 12.0 Å². The molecular weight excluding hydrogens is 329 g/mol. The van der Waals surface area contributed by atoms with Crippen LogP contribution < -0.4 is 10.6 Å². The highest BCUT2D eigenvalue weighted by Gasteiger charge is 2.45. The third kappa shape index (κ3) is 4.42. The van der Waals surface area contributed by atoms with Crippen LogP contribution in [0.1, 0.15) is 37.1 Å². The van der Waals surface area contributed by atoms with E-state index in [-0.39, 0.29) is 11.2 Å². The smallest absolute Gasteiger partial charge is 0.191 e. The number of aromatic nitrogens is 2. The number of aryl methyl sites for hydroxylation is 2. The lowest BCUT2D eigenvalue weighted by molar-refractivity contribution is 0.557. The van der Waals surface area contributed by atoms with Crippen LogP contribution in [0, 0.1) is 12.7 Å². The van der Waals surface area contributed by atoms with Gasteiger partial charge in [-0.1, -0.05) is 18.2 Å². The van der Waals surface area contributed by atoms with Crippen LogP contribution in [0.4, 0.5) is 4.39 Å². The molecule has 0 aliphatic heterocycles. The molecule has 1 fully saturated rings. The molecule has 3 rings (SSSR count). The Hall–Kier alpha value is -2.37. The van der Waals surface area contributed by atoms with Crippen LogP contribution in [0.3, 0.4) is 0 Å². The van der Waals surface area contributed by atoms with E-state index in [1.54, 1.807) is 19.2 Å². The molecule has 1 heterocycles. The zero-order valence-corrected chi connectivity index (χ0v) is 15.6. The molecule has 0 amide bonds. The molecule has 2 aromatic rings. The molecule has 0 spiro atoms. The van der Waals surface area contributed by atoms with E-state index in [4.69, 9.17) is 0 Å². The predicted molar refractivity (Wildman–Crippen MR) is 103 cm³/mol. The number of hydrogen-bond donors (Lipinski definition) is 2. The maximum absolute atomic E-state index is 14.1. The lowest BCUT2D eigenvalue weighted by Gasteiger charge is -2.19. The van der Waals surface area contributed by atoms with Crippen molar-refractivity contribution in [1.29, 1.82) is 0 Å². The van der Waals surface area contributed by atoms with Crippen LogP contribution in [-0.4, -0.2) is 35.6 Å².